The summed E-state index contributed by atoms with van der Waals surface area (Å²) in [6.45, 7) is 6.51. The molecule has 0 radical (unpaired) electrons. The number of rotatable bonds is 12. The van der Waals surface area contributed by atoms with Gasteiger partial charge >= 0.3 is 5.97 Å². The van der Waals surface area contributed by atoms with Crippen LogP contribution in [0.25, 0.3) is 22.2 Å². The van der Waals surface area contributed by atoms with E-state index in [0.29, 0.717) is 79.6 Å². The molecule has 0 saturated carbocycles. The number of aromatic nitrogens is 2. The fourth-order valence-electron chi connectivity index (χ4n) is 7.85. The number of carbonyl (C=O) groups excluding carboxylic acids is 1. The van der Waals surface area contributed by atoms with E-state index in [1.807, 2.05) is 30.5 Å². The number of aliphatic imine (C=N–C) groups is 1. The van der Waals surface area contributed by atoms with Crippen LogP contribution < -0.4 is 21.6 Å². The van der Waals surface area contributed by atoms with Crippen molar-refractivity contribution in [2.75, 3.05) is 24.6 Å². The Balaban J connectivity index is 0.976. The van der Waals surface area contributed by atoms with Gasteiger partial charge < -0.3 is 45.2 Å². The van der Waals surface area contributed by atoms with Gasteiger partial charge in [0.2, 0.25) is 0 Å². The van der Waals surface area contributed by atoms with Crippen molar-refractivity contribution in [3.05, 3.63) is 93.3 Å². The first-order chi connectivity index (χ1) is 26.3. The molecule has 6 N–H and O–H groups in total. The van der Waals surface area contributed by atoms with E-state index in [1.165, 1.54) is 6.07 Å². The molecular formula is C41H44N6O8. The number of aryl methyl sites for hydroxylation is 2. The van der Waals surface area contributed by atoms with Crippen LogP contribution in [0.1, 0.15) is 62.1 Å². The Morgan fingerprint density at radius 1 is 1.09 bits per heavy atom. The largest absolute Gasteiger partial charge is 0.507 e. The topological polar surface area (TPSA) is 212 Å². The summed E-state index contributed by atoms with van der Waals surface area (Å²) in [5.74, 6) is 0.700. The Hall–Kier alpha value is -5.73. The van der Waals surface area contributed by atoms with Crippen molar-refractivity contribution >= 4 is 34.3 Å². The summed E-state index contributed by atoms with van der Waals surface area (Å²) in [6.07, 6.45) is 7.18. The Labute approximate surface area is 317 Å². The second-order valence-electron chi connectivity index (χ2n) is 15.3. The van der Waals surface area contributed by atoms with Gasteiger partial charge in [-0.25, -0.2) is 14.8 Å². The van der Waals surface area contributed by atoms with Gasteiger partial charge in [-0.3, -0.25) is 9.79 Å². The predicted molar refractivity (Wildman–Crippen MR) is 205 cm³/mol. The number of nitrogen functional groups attached to an aromatic ring is 2. The van der Waals surface area contributed by atoms with Crippen molar-refractivity contribution in [3.63, 3.8) is 0 Å². The second kappa shape index (κ2) is 13.8. The van der Waals surface area contributed by atoms with Crippen molar-refractivity contribution in [2.45, 2.75) is 89.3 Å². The minimum Gasteiger partial charge on any atom is -0.507 e. The highest BCUT2D eigenvalue weighted by atomic mass is 16.7. The van der Waals surface area contributed by atoms with E-state index >= 15 is 0 Å². The van der Waals surface area contributed by atoms with Gasteiger partial charge in [-0.2, -0.15) is 0 Å². The van der Waals surface area contributed by atoms with E-state index in [0.717, 1.165) is 28.1 Å². The van der Waals surface area contributed by atoms with Gasteiger partial charge in [0.1, 0.15) is 51.6 Å². The molecule has 0 unspecified atom stereocenters. The number of anilines is 2. The molecule has 0 aliphatic carbocycles. The highest BCUT2D eigenvalue weighted by Gasteiger charge is 2.63. The van der Waals surface area contributed by atoms with Crippen LogP contribution in [-0.4, -0.2) is 73.3 Å². The summed E-state index contributed by atoms with van der Waals surface area (Å²) in [6, 6.07) is 10.4. The summed E-state index contributed by atoms with van der Waals surface area (Å²) in [5, 5.41) is 20.8. The van der Waals surface area contributed by atoms with Crippen LogP contribution in [0.2, 0.25) is 0 Å². The van der Waals surface area contributed by atoms with Gasteiger partial charge in [0.25, 0.3) is 0 Å². The molecule has 8 rings (SSSR count). The van der Waals surface area contributed by atoms with Crippen molar-refractivity contribution < 1.29 is 33.6 Å². The summed E-state index contributed by atoms with van der Waals surface area (Å²) >= 11 is 0. The van der Waals surface area contributed by atoms with Crippen LogP contribution in [0.15, 0.2) is 74.7 Å². The molecule has 3 aromatic heterocycles. The number of esters is 1. The van der Waals surface area contributed by atoms with E-state index in [4.69, 9.17) is 30.1 Å². The molecule has 0 spiro atoms. The van der Waals surface area contributed by atoms with Crippen LogP contribution in [0, 0.1) is 6.92 Å². The Bertz CT molecular complexity index is 2370. The summed E-state index contributed by atoms with van der Waals surface area (Å²) in [7, 11) is 0. The third-order valence-electron chi connectivity index (χ3n) is 10.7. The number of allylic oxidation sites excluding steroid dienone is 1. The third kappa shape index (κ3) is 7.03. The maximum absolute atomic E-state index is 14.1. The van der Waals surface area contributed by atoms with Crippen LogP contribution in [0.3, 0.4) is 0 Å². The van der Waals surface area contributed by atoms with Crippen molar-refractivity contribution in [3.8, 4) is 22.8 Å². The molecule has 14 heteroatoms. The van der Waals surface area contributed by atoms with Gasteiger partial charge in [-0.1, -0.05) is 0 Å². The zero-order chi connectivity index (χ0) is 38.6. The maximum Gasteiger partial charge on any atom is 0.341 e. The van der Waals surface area contributed by atoms with Crippen molar-refractivity contribution in [2.24, 2.45) is 4.99 Å². The summed E-state index contributed by atoms with van der Waals surface area (Å²) in [5.41, 5.74) is 15.9. The van der Waals surface area contributed by atoms with E-state index in [2.05, 4.69) is 26.1 Å². The molecule has 4 aliphatic rings. The lowest BCUT2D eigenvalue weighted by Crippen LogP contribution is -2.50. The van der Waals surface area contributed by atoms with E-state index in [9.17, 15) is 19.8 Å². The monoisotopic (exact) mass is 748 g/mol. The van der Waals surface area contributed by atoms with Gasteiger partial charge in [0, 0.05) is 54.3 Å². The van der Waals surface area contributed by atoms with Gasteiger partial charge in [0.15, 0.2) is 11.0 Å². The number of epoxide rings is 1. The number of phenols is 1. The number of hydrogen-bond donors (Lipinski definition) is 4. The van der Waals surface area contributed by atoms with Gasteiger partial charge in [-0.05, 0) is 88.8 Å². The number of pyridine rings is 2. The first-order valence-electron chi connectivity index (χ1n) is 18.5. The SMILES string of the molecule is Cc1cc(=O)c2c(O)c3c(cc2o1)OC(C)(C)[C@H](OC(=O)[C@]1(CCCCO)O[C@@H]1CCc1cc(N)nc(-c2cc(N)nc(CN4C=C5C=CN=C5C4)c2)c1)C3. The molecule has 4 aliphatic heterocycles. The molecule has 7 heterocycles. The normalized spacial score (nSPS) is 21.9. The zero-order valence-electron chi connectivity index (χ0n) is 31.0. The van der Waals surface area contributed by atoms with Crippen LogP contribution in [0.4, 0.5) is 11.6 Å². The number of nitrogens with zero attached hydrogens (tertiary/aromatic N) is 4. The molecular weight excluding hydrogens is 704 g/mol. The smallest absolute Gasteiger partial charge is 0.341 e. The molecule has 1 aromatic carbocycles. The molecule has 1 saturated heterocycles. The fourth-order valence-corrected chi connectivity index (χ4v) is 7.85. The minimum absolute atomic E-state index is 0.0144. The third-order valence-corrected chi connectivity index (χ3v) is 10.7. The molecule has 55 heavy (non-hydrogen) atoms. The van der Waals surface area contributed by atoms with Gasteiger partial charge in [0.05, 0.1) is 36.3 Å². The highest BCUT2D eigenvalue weighted by molar-refractivity contribution is 6.07. The first kappa shape index (κ1) is 36.3. The molecule has 3 atom stereocenters. The van der Waals surface area contributed by atoms with Gasteiger partial charge in [-0.15, -0.1) is 0 Å². The standard InChI is InChI=1S/C41H44N6O8/c1-22-12-30(49)37-32(52-22)18-31-27(38(37)50)17-34(40(2,3)54-31)53-39(51)41(9-4-5-11-48)33(55-41)7-6-23-13-28(46-35(42)14-23)25-15-26(45-36(43)16-25)20-47-19-24-8-10-44-29(24)21-47/h8,10,12-16,18-19,33-34,48,50H,4-7,9,11,17,20-21H2,1-3H3,(H2,42,46)(H2,43,45)/t33-,34-,41-/m1/s1. The molecule has 14 nitrogen and oxygen atoms in total. The van der Waals surface area contributed by atoms with E-state index < -0.39 is 29.4 Å². The Morgan fingerprint density at radius 3 is 2.71 bits per heavy atom. The minimum atomic E-state index is -1.21. The molecule has 4 aromatic rings. The number of benzene rings is 1. The number of fused-ring (bicyclic) bond motifs is 3. The zero-order valence-corrected chi connectivity index (χ0v) is 31.0. The number of carbonyl (C=O) groups is 1. The number of aliphatic hydroxyl groups is 1. The predicted octanol–water partition coefficient (Wildman–Crippen LogP) is 4.65. The first-order valence-corrected chi connectivity index (χ1v) is 18.5. The van der Waals surface area contributed by atoms with Crippen LogP contribution in [0.5, 0.6) is 11.5 Å². The highest BCUT2D eigenvalue weighted by Crippen LogP contribution is 2.48. The number of hydrogen-bond acceptors (Lipinski definition) is 14. The average Bonchev–Trinajstić information content (AvgIpc) is 3.43. The van der Waals surface area contributed by atoms with Crippen molar-refractivity contribution in [1.29, 1.82) is 0 Å². The number of aromatic hydroxyl groups is 1. The second-order valence-corrected chi connectivity index (χ2v) is 15.3. The lowest BCUT2D eigenvalue weighted by Gasteiger charge is -2.39. The number of ether oxygens (including phenoxy) is 3. The Morgan fingerprint density at radius 2 is 1.91 bits per heavy atom. The number of unbranched alkanes of at least 4 members (excludes halogenated alkanes) is 1. The van der Waals surface area contributed by atoms with E-state index in [1.54, 1.807) is 32.9 Å². The summed E-state index contributed by atoms with van der Waals surface area (Å²) < 4.78 is 24.4. The van der Waals surface area contributed by atoms with Crippen LogP contribution >= 0.6 is 0 Å². The average molecular weight is 749 g/mol. The van der Waals surface area contributed by atoms with Crippen molar-refractivity contribution in [1.82, 2.24) is 14.9 Å². The molecule has 0 bridgehead atoms. The lowest BCUT2D eigenvalue weighted by atomic mass is 9.89. The maximum atomic E-state index is 14.1. The number of phenolic OH excluding ortho intramolecular Hbond substituents is 1. The molecule has 286 valence electrons. The molecule has 1 fully saturated rings. The quantitative estimate of drug-likeness (QED) is 0.0884. The number of aliphatic hydroxyl groups excluding tert-OH is 1. The Kier molecular flexibility index (Phi) is 9.13. The molecule has 0 amide bonds. The number of nitrogens with two attached hydrogens (primary N) is 2. The lowest BCUT2D eigenvalue weighted by molar-refractivity contribution is -0.168. The van der Waals surface area contributed by atoms with E-state index in [-0.39, 0.29) is 35.2 Å². The summed E-state index contributed by atoms with van der Waals surface area (Å²) in [4.78, 5) is 42.6. The fraction of sp³-hybridized carbons (Fsp3) is 0.390. The van der Waals surface area contributed by atoms with Crippen LogP contribution in [-0.2, 0) is 33.7 Å².